The van der Waals surface area contributed by atoms with Crippen LogP contribution in [-0.2, 0) is 22.7 Å². The number of carbonyl (C=O) groups is 1. The zero-order valence-corrected chi connectivity index (χ0v) is 16.2. The van der Waals surface area contributed by atoms with E-state index in [0.29, 0.717) is 28.3 Å². The summed E-state index contributed by atoms with van der Waals surface area (Å²) in [6.45, 7) is -0.0354. The summed E-state index contributed by atoms with van der Waals surface area (Å²) in [4.78, 5) is 23.4. The van der Waals surface area contributed by atoms with Crippen molar-refractivity contribution in [2.75, 3.05) is 12.1 Å². The van der Waals surface area contributed by atoms with Crippen molar-refractivity contribution < 1.29 is 28.3 Å². The molecule has 31 heavy (non-hydrogen) atoms. The fourth-order valence-corrected chi connectivity index (χ4v) is 3.17. The Hall–Kier alpha value is -3.98. The van der Waals surface area contributed by atoms with Gasteiger partial charge in [0.2, 0.25) is 0 Å². The third-order valence-electron chi connectivity index (χ3n) is 4.61. The minimum atomic E-state index is -0.627. The lowest BCUT2D eigenvalue weighted by Gasteiger charge is -2.20. The quantitative estimate of drug-likeness (QED) is 0.348. The highest BCUT2D eigenvalue weighted by Gasteiger charge is 2.22. The number of rotatable bonds is 6. The van der Waals surface area contributed by atoms with Gasteiger partial charge in [-0.1, -0.05) is 12.1 Å². The molecule has 0 saturated heterocycles. The first kappa shape index (κ1) is 20.3. The molecule has 0 bridgehead atoms. The summed E-state index contributed by atoms with van der Waals surface area (Å²) in [5, 5.41) is 14.3. The topological polar surface area (TPSA) is 99.9 Å². The van der Waals surface area contributed by atoms with Gasteiger partial charge < -0.3 is 19.5 Å². The van der Waals surface area contributed by atoms with Gasteiger partial charge in [-0.3, -0.25) is 10.1 Å². The predicted molar refractivity (Wildman–Crippen MR) is 109 cm³/mol. The minimum absolute atomic E-state index is 0.0101. The Balaban J connectivity index is 1.54. The van der Waals surface area contributed by atoms with Crippen molar-refractivity contribution in [3.8, 4) is 5.75 Å². The van der Waals surface area contributed by atoms with Crippen LogP contribution >= 0.6 is 0 Å². The number of nitrogens with zero attached hydrogens (tertiary/aromatic N) is 1. The maximum Gasteiger partial charge on any atom is 0.340 e. The van der Waals surface area contributed by atoms with Crippen LogP contribution in [0, 0.1) is 15.9 Å². The van der Waals surface area contributed by atoms with Crippen LogP contribution in [0.5, 0.6) is 5.75 Å². The minimum Gasteiger partial charge on any atom is -0.467 e. The standard InChI is InChI=1S/C22H17FN2O6/c23-16-5-7-17(8-6-16)24-20-4-2-1-3-19(20)22(26)30-12-15-10-18(25(27)28)9-14-11-29-13-31-21(14)15/h1-10,24H,11-13H2. The highest BCUT2D eigenvalue weighted by atomic mass is 19.1. The molecule has 1 N–H and O–H groups in total. The van der Waals surface area contributed by atoms with E-state index in [9.17, 15) is 19.3 Å². The Labute approximate surface area is 176 Å². The molecule has 0 radical (unpaired) electrons. The van der Waals surface area contributed by atoms with Gasteiger partial charge in [-0.25, -0.2) is 9.18 Å². The molecule has 0 aromatic heterocycles. The van der Waals surface area contributed by atoms with Gasteiger partial charge in [0, 0.05) is 28.9 Å². The Morgan fingerprint density at radius 2 is 1.94 bits per heavy atom. The van der Waals surface area contributed by atoms with Crippen molar-refractivity contribution in [2.45, 2.75) is 13.2 Å². The van der Waals surface area contributed by atoms with Crippen molar-refractivity contribution in [1.82, 2.24) is 0 Å². The molecule has 1 aliphatic rings. The molecule has 158 valence electrons. The number of non-ortho nitro benzene ring substituents is 1. The van der Waals surface area contributed by atoms with E-state index in [1.54, 1.807) is 36.4 Å². The number of benzene rings is 3. The van der Waals surface area contributed by atoms with Crippen molar-refractivity contribution in [1.29, 1.82) is 0 Å². The first-order valence-electron chi connectivity index (χ1n) is 9.31. The van der Waals surface area contributed by atoms with Crippen molar-refractivity contribution in [2.24, 2.45) is 0 Å². The Bertz CT molecular complexity index is 1130. The first-order chi connectivity index (χ1) is 15.0. The molecule has 0 unspecified atom stereocenters. The molecular formula is C22H17FN2O6. The number of hydrogen-bond donors (Lipinski definition) is 1. The van der Waals surface area contributed by atoms with Crippen LogP contribution in [0.4, 0.5) is 21.5 Å². The number of nitro benzene ring substituents is 1. The number of ether oxygens (including phenoxy) is 3. The molecule has 0 saturated carbocycles. The molecule has 4 rings (SSSR count). The fourth-order valence-electron chi connectivity index (χ4n) is 3.17. The molecule has 3 aromatic rings. The van der Waals surface area contributed by atoms with Gasteiger partial charge in [0.05, 0.1) is 22.8 Å². The van der Waals surface area contributed by atoms with Gasteiger partial charge in [0.25, 0.3) is 5.69 Å². The van der Waals surface area contributed by atoms with E-state index in [-0.39, 0.29) is 37.1 Å². The number of halogens is 1. The molecule has 8 nitrogen and oxygen atoms in total. The highest BCUT2D eigenvalue weighted by Crippen LogP contribution is 2.33. The van der Waals surface area contributed by atoms with Gasteiger partial charge >= 0.3 is 5.97 Å². The summed E-state index contributed by atoms with van der Waals surface area (Å²) in [6.07, 6.45) is 0. The summed E-state index contributed by atoms with van der Waals surface area (Å²) in [6, 6.07) is 15.1. The van der Waals surface area contributed by atoms with E-state index in [1.807, 2.05) is 0 Å². The molecular weight excluding hydrogens is 407 g/mol. The molecule has 0 aliphatic carbocycles. The van der Waals surface area contributed by atoms with Crippen molar-refractivity contribution in [3.05, 3.63) is 93.3 Å². The van der Waals surface area contributed by atoms with Crippen LogP contribution < -0.4 is 10.1 Å². The van der Waals surface area contributed by atoms with Crippen LogP contribution in [0.25, 0.3) is 0 Å². The van der Waals surface area contributed by atoms with E-state index in [4.69, 9.17) is 14.2 Å². The van der Waals surface area contributed by atoms with E-state index in [2.05, 4.69) is 5.32 Å². The smallest absolute Gasteiger partial charge is 0.340 e. The maximum atomic E-state index is 13.1. The first-order valence-corrected chi connectivity index (χ1v) is 9.31. The monoisotopic (exact) mass is 424 g/mol. The lowest BCUT2D eigenvalue weighted by atomic mass is 10.1. The average Bonchev–Trinajstić information content (AvgIpc) is 2.79. The number of para-hydroxylation sites is 1. The molecule has 3 aromatic carbocycles. The Kier molecular flexibility index (Phi) is 5.76. The van der Waals surface area contributed by atoms with E-state index >= 15 is 0 Å². The summed E-state index contributed by atoms with van der Waals surface area (Å²) < 4.78 is 29.2. The number of esters is 1. The lowest BCUT2D eigenvalue weighted by molar-refractivity contribution is -0.385. The third kappa shape index (κ3) is 4.62. The molecule has 0 fully saturated rings. The van der Waals surface area contributed by atoms with Crippen molar-refractivity contribution in [3.63, 3.8) is 0 Å². The second-order valence-corrected chi connectivity index (χ2v) is 6.71. The molecule has 1 aliphatic heterocycles. The second kappa shape index (κ2) is 8.80. The SMILES string of the molecule is O=C(OCc1cc([N+](=O)[O-])cc2c1OCOC2)c1ccccc1Nc1ccc(F)cc1. The number of nitro groups is 1. The van der Waals surface area contributed by atoms with Crippen LogP contribution in [0.1, 0.15) is 21.5 Å². The summed E-state index contributed by atoms with van der Waals surface area (Å²) >= 11 is 0. The van der Waals surface area contributed by atoms with Gasteiger partial charge in [0.15, 0.2) is 6.79 Å². The maximum absolute atomic E-state index is 13.1. The number of anilines is 2. The van der Waals surface area contributed by atoms with E-state index < -0.39 is 10.9 Å². The summed E-state index contributed by atoms with van der Waals surface area (Å²) in [7, 11) is 0. The molecule has 0 amide bonds. The van der Waals surface area contributed by atoms with Gasteiger partial charge in [0.1, 0.15) is 18.2 Å². The van der Waals surface area contributed by atoms with Gasteiger partial charge in [-0.2, -0.15) is 0 Å². The third-order valence-corrected chi connectivity index (χ3v) is 4.61. The number of fused-ring (bicyclic) bond motifs is 1. The Morgan fingerprint density at radius 3 is 2.71 bits per heavy atom. The zero-order valence-electron chi connectivity index (χ0n) is 16.2. The molecule has 9 heteroatoms. The Morgan fingerprint density at radius 1 is 1.16 bits per heavy atom. The lowest BCUT2D eigenvalue weighted by Crippen LogP contribution is -2.15. The van der Waals surface area contributed by atoms with Crippen LogP contribution in [-0.4, -0.2) is 17.7 Å². The number of hydrogen-bond acceptors (Lipinski definition) is 7. The predicted octanol–water partition coefficient (Wildman–Crippen LogP) is 4.70. The average molecular weight is 424 g/mol. The van der Waals surface area contributed by atoms with E-state index in [1.165, 1.54) is 24.3 Å². The molecule has 0 spiro atoms. The molecule has 1 heterocycles. The van der Waals surface area contributed by atoms with Crippen LogP contribution in [0.15, 0.2) is 60.7 Å². The van der Waals surface area contributed by atoms with Crippen LogP contribution in [0.3, 0.4) is 0 Å². The van der Waals surface area contributed by atoms with E-state index in [0.717, 1.165) is 0 Å². The van der Waals surface area contributed by atoms with Crippen molar-refractivity contribution >= 4 is 23.0 Å². The van der Waals surface area contributed by atoms with Gasteiger partial charge in [-0.05, 0) is 36.4 Å². The number of carbonyl (C=O) groups excluding carboxylic acids is 1. The normalized spacial score (nSPS) is 12.4. The second-order valence-electron chi connectivity index (χ2n) is 6.71. The highest BCUT2D eigenvalue weighted by molar-refractivity contribution is 5.96. The molecule has 0 atom stereocenters. The summed E-state index contributed by atoms with van der Waals surface area (Å²) in [5.74, 6) is -0.578. The summed E-state index contributed by atoms with van der Waals surface area (Å²) in [5.41, 5.74) is 2.09. The fraction of sp³-hybridized carbons (Fsp3) is 0.136. The largest absolute Gasteiger partial charge is 0.467 e. The zero-order chi connectivity index (χ0) is 21.8. The van der Waals surface area contributed by atoms with Crippen LogP contribution in [0.2, 0.25) is 0 Å². The van der Waals surface area contributed by atoms with Gasteiger partial charge in [-0.15, -0.1) is 0 Å². The number of nitrogens with one attached hydrogen (secondary N) is 1.